The zero-order chi connectivity index (χ0) is 15.6. The minimum atomic E-state index is -0.349. The molecule has 3 aromatic heterocycles. The molecule has 4 aromatic rings. The van der Waals surface area contributed by atoms with Crippen molar-refractivity contribution in [3.05, 3.63) is 53.4 Å². The van der Waals surface area contributed by atoms with Crippen LogP contribution in [-0.2, 0) is 6.54 Å². The molecule has 7 nitrogen and oxygen atoms in total. The molecular formula is C14H9FN6OS. The van der Waals surface area contributed by atoms with Gasteiger partial charge in [0.25, 0.3) is 5.89 Å². The molecule has 23 heavy (non-hydrogen) atoms. The summed E-state index contributed by atoms with van der Waals surface area (Å²) in [5.74, 6) is 0.890. The van der Waals surface area contributed by atoms with Crippen molar-refractivity contribution in [2.45, 2.75) is 6.54 Å². The number of aromatic nitrogens is 6. The maximum absolute atomic E-state index is 13.2. The van der Waals surface area contributed by atoms with E-state index in [0.29, 0.717) is 23.1 Å². The van der Waals surface area contributed by atoms with E-state index in [1.54, 1.807) is 12.1 Å². The van der Waals surface area contributed by atoms with Gasteiger partial charge in [-0.3, -0.25) is 0 Å². The van der Waals surface area contributed by atoms with Crippen molar-refractivity contribution >= 4 is 11.3 Å². The second-order valence-corrected chi connectivity index (χ2v) is 5.59. The molecule has 0 aliphatic heterocycles. The number of benzene rings is 1. The first-order chi connectivity index (χ1) is 11.3. The highest BCUT2D eigenvalue weighted by Crippen LogP contribution is 2.22. The third-order valence-electron chi connectivity index (χ3n) is 3.02. The SMILES string of the molecule is Fc1cccc(-c2nnn(Cc3noc(-c4cccs4)n3)n2)c1. The summed E-state index contributed by atoms with van der Waals surface area (Å²) in [5, 5.41) is 17.9. The van der Waals surface area contributed by atoms with E-state index in [0.717, 1.165) is 4.88 Å². The predicted molar refractivity (Wildman–Crippen MR) is 79.9 cm³/mol. The van der Waals surface area contributed by atoms with E-state index in [4.69, 9.17) is 4.52 Å². The van der Waals surface area contributed by atoms with E-state index in [2.05, 4.69) is 25.6 Å². The number of rotatable bonds is 4. The fourth-order valence-corrected chi connectivity index (χ4v) is 2.64. The van der Waals surface area contributed by atoms with Gasteiger partial charge in [-0.1, -0.05) is 23.4 Å². The van der Waals surface area contributed by atoms with Crippen LogP contribution in [0, 0.1) is 5.82 Å². The molecule has 0 aliphatic carbocycles. The summed E-state index contributed by atoms with van der Waals surface area (Å²) in [4.78, 5) is 6.52. The Hall–Kier alpha value is -2.94. The maximum Gasteiger partial charge on any atom is 0.268 e. The molecule has 3 heterocycles. The Morgan fingerprint density at radius 3 is 3.00 bits per heavy atom. The van der Waals surface area contributed by atoms with Crippen LogP contribution in [-0.4, -0.2) is 30.3 Å². The number of halogens is 1. The average Bonchev–Trinajstić information content (AvgIpc) is 3.29. The zero-order valence-corrected chi connectivity index (χ0v) is 12.4. The fraction of sp³-hybridized carbons (Fsp3) is 0.0714. The first kappa shape index (κ1) is 13.7. The predicted octanol–water partition coefficient (Wildman–Crippen LogP) is 2.64. The summed E-state index contributed by atoms with van der Waals surface area (Å²) in [7, 11) is 0. The summed E-state index contributed by atoms with van der Waals surface area (Å²) in [5.41, 5.74) is 0.559. The lowest BCUT2D eigenvalue weighted by Gasteiger charge is -1.94. The smallest absolute Gasteiger partial charge is 0.268 e. The number of tetrazole rings is 1. The monoisotopic (exact) mass is 328 g/mol. The minimum absolute atomic E-state index is 0.219. The van der Waals surface area contributed by atoms with Crippen molar-refractivity contribution in [2.24, 2.45) is 0 Å². The molecule has 0 amide bonds. The van der Waals surface area contributed by atoms with Crippen LogP contribution in [0.4, 0.5) is 4.39 Å². The molecule has 114 valence electrons. The quantitative estimate of drug-likeness (QED) is 0.573. The largest absolute Gasteiger partial charge is 0.333 e. The van der Waals surface area contributed by atoms with Crippen molar-refractivity contribution in [1.82, 2.24) is 30.3 Å². The molecule has 0 spiro atoms. The van der Waals surface area contributed by atoms with Gasteiger partial charge in [-0.2, -0.15) is 9.78 Å². The van der Waals surface area contributed by atoms with E-state index < -0.39 is 0 Å². The van der Waals surface area contributed by atoms with Gasteiger partial charge in [-0.05, 0) is 28.8 Å². The third-order valence-corrected chi connectivity index (χ3v) is 3.88. The molecule has 1 aromatic carbocycles. The summed E-state index contributed by atoms with van der Waals surface area (Å²) < 4.78 is 18.4. The third kappa shape index (κ3) is 2.86. The second kappa shape index (κ2) is 5.69. The van der Waals surface area contributed by atoms with Crippen LogP contribution in [0.1, 0.15) is 5.82 Å². The zero-order valence-electron chi connectivity index (χ0n) is 11.6. The molecule has 0 unspecified atom stereocenters. The van der Waals surface area contributed by atoms with Crippen LogP contribution in [0.15, 0.2) is 46.3 Å². The van der Waals surface area contributed by atoms with Gasteiger partial charge in [0.15, 0.2) is 5.82 Å². The Kier molecular flexibility index (Phi) is 3.39. The lowest BCUT2D eigenvalue weighted by Crippen LogP contribution is -2.05. The molecule has 0 saturated carbocycles. The van der Waals surface area contributed by atoms with Crippen molar-refractivity contribution in [2.75, 3.05) is 0 Å². The maximum atomic E-state index is 13.2. The molecule has 0 bridgehead atoms. The summed E-state index contributed by atoms with van der Waals surface area (Å²) >= 11 is 1.52. The number of nitrogens with zero attached hydrogens (tertiary/aromatic N) is 6. The van der Waals surface area contributed by atoms with Gasteiger partial charge in [0, 0.05) is 5.56 Å². The molecule has 0 aliphatic rings. The minimum Gasteiger partial charge on any atom is -0.333 e. The summed E-state index contributed by atoms with van der Waals surface area (Å²) in [6.07, 6.45) is 0. The first-order valence-corrected chi connectivity index (χ1v) is 7.56. The molecule has 0 saturated heterocycles. The summed E-state index contributed by atoms with van der Waals surface area (Å²) in [6, 6.07) is 9.83. The topological polar surface area (TPSA) is 82.5 Å². The van der Waals surface area contributed by atoms with Crippen LogP contribution in [0.2, 0.25) is 0 Å². The standard InChI is InChI=1S/C14H9FN6OS/c15-10-4-1-3-9(7-10)13-17-20-21(18-13)8-12-16-14(22-19-12)11-5-2-6-23-11/h1-7H,8H2. The van der Waals surface area contributed by atoms with E-state index in [9.17, 15) is 4.39 Å². The van der Waals surface area contributed by atoms with Gasteiger partial charge in [0.2, 0.25) is 5.82 Å². The Bertz CT molecular complexity index is 932. The molecule has 0 radical (unpaired) electrons. The first-order valence-electron chi connectivity index (χ1n) is 6.68. The Labute approximate surface area is 133 Å². The molecular weight excluding hydrogens is 319 g/mol. The van der Waals surface area contributed by atoms with Gasteiger partial charge < -0.3 is 4.52 Å². The molecule has 0 atom stereocenters. The fourth-order valence-electron chi connectivity index (χ4n) is 2.00. The van der Waals surface area contributed by atoms with Gasteiger partial charge >= 0.3 is 0 Å². The van der Waals surface area contributed by atoms with Crippen LogP contribution in [0.3, 0.4) is 0 Å². The van der Waals surface area contributed by atoms with Crippen molar-refractivity contribution in [3.8, 4) is 22.2 Å². The summed E-state index contributed by atoms with van der Waals surface area (Å²) in [6.45, 7) is 0.219. The lowest BCUT2D eigenvalue weighted by atomic mass is 10.2. The van der Waals surface area contributed by atoms with Gasteiger partial charge in [-0.15, -0.1) is 21.5 Å². The van der Waals surface area contributed by atoms with Crippen LogP contribution in [0.25, 0.3) is 22.2 Å². The van der Waals surface area contributed by atoms with Crippen LogP contribution >= 0.6 is 11.3 Å². The van der Waals surface area contributed by atoms with E-state index in [1.807, 2.05) is 17.5 Å². The number of thiophene rings is 1. The second-order valence-electron chi connectivity index (χ2n) is 4.65. The Morgan fingerprint density at radius 2 is 2.17 bits per heavy atom. The Balaban J connectivity index is 1.54. The highest BCUT2D eigenvalue weighted by Gasteiger charge is 2.12. The Morgan fingerprint density at radius 1 is 1.22 bits per heavy atom. The molecule has 4 rings (SSSR count). The normalized spacial score (nSPS) is 11.0. The van der Waals surface area contributed by atoms with Crippen molar-refractivity contribution in [1.29, 1.82) is 0 Å². The molecule has 0 fully saturated rings. The van der Waals surface area contributed by atoms with E-state index >= 15 is 0 Å². The number of hydrogen-bond acceptors (Lipinski definition) is 7. The molecule has 0 N–H and O–H groups in total. The van der Waals surface area contributed by atoms with Gasteiger partial charge in [0.05, 0.1) is 4.88 Å². The van der Waals surface area contributed by atoms with Crippen LogP contribution in [0.5, 0.6) is 0 Å². The van der Waals surface area contributed by atoms with Crippen molar-refractivity contribution < 1.29 is 8.91 Å². The van der Waals surface area contributed by atoms with Gasteiger partial charge in [0.1, 0.15) is 12.4 Å². The highest BCUT2D eigenvalue weighted by atomic mass is 32.1. The molecule has 9 heteroatoms. The van der Waals surface area contributed by atoms with Crippen molar-refractivity contribution in [3.63, 3.8) is 0 Å². The van der Waals surface area contributed by atoms with Gasteiger partial charge in [-0.25, -0.2) is 4.39 Å². The average molecular weight is 328 g/mol. The number of hydrogen-bond donors (Lipinski definition) is 0. The van der Waals surface area contributed by atoms with E-state index in [-0.39, 0.29) is 12.4 Å². The highest BCUT2D eigenvalue weighted by molar-refractivity contribution is 7.13. The van der Waals surface area contributed by atoms with Crippen LogP contribution < -0.4 is 0 Å². The lowest BCUT2D eigenvalue weighted by molar-refractivity contribution is 0.415. The van der Waals surface area contributed by atoms with E-state index in [1.165, 1.54) is 28.3 Å².